The van der Waals surface area contributed by atoms with E-state index in [9.17, 15) is 14.3 Å². The van der Waals surface area contributed by atoms with Crippen molar-refractivity contribution < 1.29 is 19.0 Å². The van der Waals surface area contributed by atoms with Crippen LogP contribution in [0.4, 0.5) is 10.1 Å². The van der Waals surface area contributed by atoms with Gasteiger partial charge in [-0.1, -0.05) is 32.1 Å². The number of hydrogen-bond acceptors (Lipinski definition) is 5. The van der Waals surface area contributed by atoms with Crippen LogP contribution in [-0.2, 0) is 9.53 Å². The highest BCUT2D eigenvalue weighted by atomic mass is 19.1. The van der Waals surface area contributed by atoms with E-state index >= 15 is 0 Å². The Hall–Kier alpha value is -1.92. The van der Waals surface area contributed by atoms with E-state index in [0.717, 1.165) is 51.1 Å². The molecule has 0 amide bonds. The second kappa shape index (κ2) is 9.75. The van der Waals surface area contributed by atoms with Gasteiger partial charge >= 0.3 is 5.97 Å². The first-order valence-corrected chi connectivity index (χ1v) is 12.3. The maximum absolute atomic E-state index is 14.2. The third-order valence-electron chi connectivity index (χ3n) is 8.16. The molecule has 3 aliphatic rings. The van der Waals surface area contributed by atoms with Crippen LogP contribution in [0.15, 0.2) is 35.9 Å². The maximum Gasteiger partial charge on any atom is 0.303 e. The van der Waals surface area contributed by atoms with E-state index in [1.54, 1.807) is 6.07 Å². The van der Waals surface area contributed by atoms with Crippen molar-refractivity contribution in [3.63, 3.8) is 0 Å². The van der Waals surface area contributed by atoms with Crippen LogP contribution in [0, 0.1) is 35.9 Å². The van der Waals surface area contributed by atoms with Gasteiger partial charge in [0, 0.05) is 52.0 Å². The van der Waals surface area contributed by atoms with Gasteiger partial charge in [0.05, 0.1) is 11.3 Å². The van der Waals surface area contributed by atoms with E-state index in [-0.39, 0.29) is 23.6 Å². The number of piperazine rings is 1. The van der Waals surface area contributed by atoms with Gasteiger partial charge in [0.2, 0.25) is 0 Å². The molecule has 1 heterocycles. The number of anilines is 1. The Bertz CT molecular complexity index is 882. The van der Waals surface area contributed by atoms with Crippen LogP contribution in [0.1, 0.15) is 40.5 Å². The molecule has 4 rings (SSSR count). The fourth-order valence-electron chi connectivity index (χ4n) is 6.18. The van der Waals surface area contributed by atoms with Crippen molar-refractivity contribution in [2.24, 2.45) is 23.7 Å². The molecule has 5 nitrogen and oxygen atoms in total. The zero-order chi connectivity index (χ0) is 23.8. The number of carbonyl (C=O) groups excluding carboxylic acids is 1. The van der Waals surface area contributed by atoms with Crippen LogP contribution >= 0.6 is 0 Å². The van der Waals surface area contributed by atoms with Crippen molar-refractivity contribution in [1.29, 1.82) is 0 Å². The molecule has 1 N–H and O–H groups in total. The molecular formula is C27H38FN2O3. The summed E-state index contributed by atoms with van der Waals surface area (Å²) in [5.41, 5.74) is 0.738. The van der Waals surface area contributed by atoms with Gasteiger partial charge in [0.15, 0.2) is 0 Å². The Labute approximate surface area is 197 Å². The smallest absolute Gasteiger partial charge is 0.303 e. The quantitative estimate of drug-likeness (QED) is 0.534. The van der Waals surface area contributed by atoms with Gasteiger partial charge < -0.3 is 14.7 Å². The van der Waals surface area contributed by atoms with Gasteiger partial charge in [-0.25, -0.2) is 4.39 Å². The lowest BCUT2D eigenvalue weighted by Crippen LogP contribution is -2.57. The van der Waals surface area contributed by atoms with Crippen molar-refractivity contribution in [2.75, 3.05) is 37.6 Å². The zero-order valence-electron chi connectivity index (χ0n) is 20.3. The summed E-state index contributed by atoms with van der Waals surface area (Å²) in [6, 6.07) is 7.00. The fourth-order valence-corrected chi connectivity index (χ4v) is 6.18. The lowest BCUT2D eigenvalue weighted by molar-refractivity contribution is -0.148. The third kappa shape index (κ3) is 4.97. The molecule has 6 heteroatoms. The number of rotatable bonds is 5. The molecule has 2 aliphatic carbocycles. The van der Waals surface area contributed by atoms with Crippen molar-refractivity contribution in [2.45, 2.75) is 52.2 Å². The predicted molar refractivity (Wildman–Crippen MR) is 128 cm³/mol. The Balaban J connectivity index is 1.41. The van der Waals surface area contributed by atoms with Gasteiger partial charge in [0.1, 0.15) is 11.9 Å². The van der Waals surface area contributed by atoms with E-state index in [4.69, 9.17) is 4.74 Å². The molecule has 2 fully saturated rings. The van der Waals surface area contributed by atoms with E-state index in [2.05, 4.69) is 29.7 Å². The number of halogens is 1. The summed E-state index contributed by atoms with van der Waals surface area (Å²) in [4.78, 5) is 16.2. The summed E-state index contributed by atoms with van der Waals surface area (Å²) >= 11 is 0. The van der Waals surface area contributed by atoms with Crippen LogP contribution in [0.3, 0.4) is 0 Å². The van der Waals surface area contributed by atoms with Gasteiger partial charge in [-0.3, -0.25) is 9.69 Å². The number of benzene rings is 1. The Morgan fingerprint density at radius 3 is 2.61 bits per heavy atom. The summed E-state index contributed by atoms with van der Waals surface area (Å²) in [5.74, 6) is 0.448. The number of esters is 1. The van der Waals surface area contributed by atoms with Gasteiger partial charge in [-0.15, -0.1) is 0 Å². The molecule has 1 saturated carbocycles. The van der Waals surface area contributed by atoms with Gasteiger partial charge in [0.25, 0.3) is 0 Å². The van der Waals surface area contributed by atoms with E-state index in [0.29, 0.717) is 17.5 Å². The van der Waals surface area contributed by atoms with Crippen LogP contribution in [0.25, 0.3) is 0 Å². The molecule has 1 aromatic rings. The fraction of sp³-hybridized carbons (Fsp3) is 0.630. The van der Waals surface area contributed by atoms with E-state index in [1.807, 2.05) is 25.5 Å². The van der Waals surface area contributed by atoms with Crippen molar-refractivity contribution in [3.05, 3.63) is 48.2 Å². The highest BCUT2D eigenvalue weighted by Gasteiger charge is 2.53. The van der Waals surface area contributed by atoms with Gasteiger partial charge in [-0.05, 0) is 55.2 Å². The first-order valence-electron chi connectivity index (χ1n) is 12.3. The summed E-state index contributed by atoms with van der Waals surface area (Å²) in [6.07, 6.45) is 5.64. The lowest BCUT2D eigenvalue weighted by Gasteiger charge is -2.53. The summed E-state index contributed by atoms with van der Waals surface area (Å²) in [6.45, 7) is 12.2. The normalized spacial score (nSPS) is 33.8. The number of aliphatic hydroxyl groups is 1. The van der Waals surface area contributed by atoms with Crippen LogP contribution in [0.5, 0.6) is 0 Å². The van der Waals surface area contributed by atoms with E-state index in [1.165, 1.54) is 13.0 Å². The standard InChI is InChI=1S/C27H38FN2O3/c1-18-15-23-22(10-9-20(3)27(23,32)16-26(18)33-21(4)31)19(2)17-29-11-13-30(14-12-29)25-8-6-5-7-24(25)28/h5-8,15-16,19-20,22-23,26,32H,9-14,17H2,1-4H3/t19?,20-,22+,23-,26-,27-/m1/s1. The third-order valence-corrected chi connectivity index (χ3v) is 8.16. The summed E-state index contributed by atoms with van der Waals surface area (Å²) in [5, 5.41) is 11.7. The molecule has 1 aliphatic heterocycles. The minimum absolute atomic E-state index is 0.0303. The molecule has 1 aromatic carbocycles. The number of nitrogens with zero attached hydrogens (tertiary/aromatic N) is 2. The van der Waals surface area contributed by atoms with Crippen LogP contribution in [0.2, 0.25) is 0 Å². The molecule has 1 radical (unpaired) electrons. The second-order valence-electron chi connectivity index (χ2n) is 10.4. The number of ether oxygens (including phenoxy) is 1. The van der Waals surface area contributed by atoms with Crippen LogP contribution in [-0.4, -0.2) is 60.4 Å². The number of para-hydroxylation sites is 1. The molecule has 181 valence electrons. The average Bonchev–Trinajstić information content (AvgIpc) is 2.77. The van der Waals surface area contributed by atoms with E-state index < -0.39 is 11.7 Å². The Morgan fingerprint density at radius 2 is 1.94 bits per heavy atom. The number of carbonyl (C=O) groups is 1. The van der Waals surface area contributed by atoms with Gasteiger partial charge in [-0.2, -0.15) is 0 Å². The molecule has 33 heavy (non-hydrogen) atoms. The molecule has 1 saturated heterocycles. The van der Waals surface area contributed by atoms with Crippen LogP contribution < -0.4 is 4.90 Å². The Morgan fingerprint density at radius 1 is 1.24 bits per heavy atom. The highest BCUT2D eigenvalue weighted by Crippen LogP contribution is 2.50. The minimum atomic E-state index is -0.958. The molecule has 1 unspecified atom stereocenters. The molecule has 0 spiro atoms. The first kappa shape index (κ1) is 24.2. The minimum Gasteiger partial charge on any atom is -0.458 e. The topological polar surface area (TPSA) is 53.0 Å². The molecule has 0 bridgehead atoms. The summed E-state index contributed by atoms with van der Waals surface area (Å²) < 4.78 is 19.6. The average molecular weight is 458 g/mol. The zero-order valence-corrected chi connectivity index (χ0v) is 20.3. The second-order valence-corrected chi connectivity index (χ2v) is 10.4. The molecular weight excluding hydrogens is 419 g/mol. The largest absolute Gasteiger partial charge is 0.458 e. The van der Waals surface area contributed by atoms with Crippen molar-refractivity contribution >= 4 is 11.7 Å². The number of fused-ring (bicyclic) bond motifs is 1. The maximum atomic E-state index is 14.2. The predicted octanol–water partition coefficient (Wildman–Crippen LogP) is 4.07. The monoisotopic (exact) mass is 457 g/mol. The lowest BCUT2D eigenvalue weighted by atomic mass is 9.57. The Kier molecular flexibility index (Phi) is 7.15. The molecule has 0 aromatic heterocycles. The summed E-state index contributed by atoms with van der Waals surface area (Å²) in [7, 11) is 0. The molecule has 6 atom stereocenters. The van der Waals surface area contributed by atoms with Crippen molar-refractivity contribution in [1.82, 2.24) is 4.90 Å². The number of hydrogen-bond donors (Lipinski definition) is 1. The van der Waals surface area contributed by atoms with Crippen molar-refractivity contribution in [3.8, 4) is 0 Å². The first-order chi connectivity index (χ1) is 15.7. The highest BCUT2D eigenvalue weighted by molar-refractivity contribution is 5.66. The SMILES string of the molecule is CC(=O)O[C@@H]1[CH][C@@]2(O)[C@H](C)CC[C@@H](C(C)CN3CCN(c4ccccc4F)CC3)[C@H]2C=C1C.